The van der Waals surface area contributed by atoms with E-state index in [1.165, 1.54) is 57.8 Å². The van der Waals surface area contributed by atoms with Gasteiger partial charge in [0, 0.05) is 18.0 Å². The third kappa shape index (κ3) is 4.45. The molecular weight excluding hydrogens is 262 g/mol. The third-order valence-corrected chi connectivity index (χ3v) is 5.55. The van der Waals surface area contributed by atoms with Gasteiger partial charge in [-0.25, -0.2) is 0 Å². The molecule has 0 aromatic carbocycles. The normalized spacial score (nSPS) is 32.5. The third-order valence-electron chi connectivity index (χ3n) is 5.55. The van der Waals surface area contributed by atoms with E-state index in [0.29, 0.717) is 19.1 Å². The Bertz CT molecular complexity index is 331. The van der Waals surface area contributed by atoms with Crippen molar-refractivity contribution >= 4 is 5.97 Å². The van der Waals surface area contributed by atoms with Crippen LogP contribution in [-0.4, -0.2) is 24.2 Å². The fourth-order valence-corrected chi connectivity index (χ4v) is 4.43. The molecule has 1 N–H and O–H groups in total. The maximum atomic E-state index is 11.8. The molecule has 3 atom stereocenters. The van der Waals surface area contributed by atoms with Gasteiger partial charge in [0.15, 0.2) is 0 Å². The summed E-state index contributed by atoms with van der Waals surface area (Å²) in [5.74, 6) is 0.757. The zero-order valence-electron chi connectivity index (χ0n) is 14.0. The lowest BCUT2D eigenvalue weighted by molar-refractivity contribution is -0.144. The fourth-order valence-electron chi connectivity index (χ4n) is 4.43. The number of fused-ring (bicyclic) bond motifs is 1. The van der Waals surface area contributed by atoms with E-state index in [0.717, 1.165) is 12.3 Å². The van der Waals surface area contributed by atoms with Crippen LogP contribution in [0.4, 0.5) is 0 Å². The first-order valence-corrected chi connectivity index (χ1v) is 9.13. The smallest absolute Gasteiger partial charge is 0.305 e. The van der Waals surface area contributed by atoms with Crippen LogP contribution >= 0.6 is 0 Å². The van der Waals surface area contributed by atoms with Crippen LogP contribution in [0.3, 0.4) is 0 Å². The number of unbranched alkanes of at least 4 members (excludes halogenated alkanes) is 1. The maximum absolute atomic E-state index is 11.8. The Hall–Kier alpha value is -0.570. The summed E-state index contributed by atoms with van der Waals surface area (Å²) < 4.78 is 5.13. The minimum absolute atomic E-state index is 0.0197. The number of ether oxygens (including phenoxy) is 1. The molecule has 0 bridgehead atoms. The lowest BCUT2D eigenvalue weighted by atomic mass is 9.65. The molecule has 2 fully saturated rings. The first-order chi connectivity index (χ1) is 10.2. The molecule has 3 nitrogen and oxygen atoms in total. The highest BCUT2D eigenvalue weighted by atomic mass is 16.5. The van der Waals surface area contributed by atoms with Gasteiger partial charge in [0.05, 0.1) is 6.61 Å². The lowest BCUT2D eigenvalue weighted by Gasteiger charge is -2.51. The summed E-state index contributed by atoms with van der Waals surface area (Å²) in [6.45, 7) is 4.66. The second-order valence-electron chi connectivity index (χ2n) is 6.96. The minimum Gasteiger partial charge on any atom is -0.466 e. The monoisotopic (exact) mass is 295 g/mol. The summed E-state index contributed by atoms with van der Waals surface area (Å²) in [5.41, 5.74) is 0.224. The van der Waals surface area contributed by atoms with Gasteiger partial charge in [0.25, 0.3) is 0 Å². The van der Waals surface area contributed by atoms with Crippen molar-refractivity contribution in [1.29, 1.82) is 0 Å². The molecule has 0 radical (unpaired) electrons. The van der Waals surface area contributed by atoms with Gasteiger partial charge >= 0.3 is 5.97 Å². The molecule has 0 aromatic heterocycles. The Labute approximate surface area is 130 Å². The van der Waals surface area contributed by atoms with Gasteiger partial charge in [-0.1, -0.05) is 32.6 Å². The van der Waals surface area contributed by atoms with E-state index in [1.807, 2.05) is 6.92 Å². The quantitative estimate of drug-likeness (QED) is 0.715. The predicted molar refractivity (Wildman–Crippen MR) is 86.2 cm³/mol. The number of esters is 1. The molecule has 1 aliphatic heterocycles. The first kappa shape index (κ1) is 16.8. The molecule has 0 aromatic rings. The van der Waals surface area contributed by atoms with E-state index in [1.54, 1.807) is 0 Å². The predicted octanol–water partition coefficient (Wildman–Crippen LogP) is 4.20. The largest absolute Gasteiger partial charge is 0.466 e. The van der Waals surface area contributed by atoms with Crippen molar-refractivity contribution in [3.63, 3.8) is 0 Å². The highest BCUT2D eigenvalue weighted by Gasteiger charge is 2.44. The van der Waals surface area contributed by atoms with Crippen molar-refractivity contribution in [2.24, 2.45) is 5.92 Å². The van der Waals surface area contributed by atoms with Gasteiger partial charge in [0.1, 0.15) is 0 Å². The van der Waals surface area contributed by atoms with Crippen LogP contribution < -0.4 is 5.32 Å². The molecular formula is C18H33NO2. The molecule has 3 unspecified atom stereocenters. The molecule has 0 spiro atoms. The van der Waals surface area contributed by atoms with Crippen molar-refractivity contribution in [3.05, 3.63) is 0 Å². The van der Waals surface area contributed by atoms with Gasteiger partial charge in [-0.2, -0.15) is 0 Å². The summed E-state index contributed by atoms with van der Waals surface area (Å²) in [4.78, 5) is 11.8. The molecule has 0 amide bonds. The van der Waals surface area contributed by atoms with E-state index in [-0.39, 0.29) is 11.5 Å². The van der Waals surface area contributed by atoms with Crippen molar-refractivity contribution in [2.75, 3.05) is 6.61 Å². The van der Waals surface area contributed by atoms with Gasteiger partial charge < -0.3 is 10.1 Å². The van der Waals surface area contributed by atoms with Crippen LogP contribution in [0.15, 0.2) is 0 Å². The van der Waals surface area contributed by atoms with Crippen LogP contribution in [0.5, 0.6) is 0 Å². The summed E-state index contributed by atoms with van der Waals surface area (Å²) >= 11 is 0. The van der Waals surface area contributed by atoms with Crippen LogP contribution in [-0.2, 0) is 9.53 Å². The molecule has 1 aliphatic carbocycles. The number of carbonyl (C=O) groups excluding carboxylic acids is 1. The number of piperidine rings is 1. The zero-order valence-corrected chi connectivity index (χ0v) is 14.0. The van der Waals surface area contributed by atoms with E-state index in [2.05, 4.69) is 12.2 Å². The number of nitrogens with one attached hydrogen (secondary N) is 1. The second kappa shape index (κ2) is 8.17. The topological polar surface area (TPSA) is 38.3 Å². The molecule has 1 heterocycles. The molecule has 2 aliphatic rings. The molecule has 3 heteroatoms. The number of hydrogen-bond donors (Lipinski definition) is 1. The van der Waals surface area contributed by atoms with Crippen LogP contribution in [0.25, 0.3) is 0 Å². The second-order valence-corrected chi connectivity index (χ2v) is 6.96. The van der Waals surface area contributed by atoms with Crippen molar-refractivity contribution in [2.45, 2.75) is 96.1 Å². The number of hydrogen-bond acceptors (Lipinski definition) is 3. The van der Waals surface area contributed by atoms with E-state index in [9.17, 15) is 4.79 Å². The summed E-state index contributed by atoms with van der Waals surface area (Å²) in [7, 11) is 0. The number of carbonyl (C=O) groups is 1. The average Bonchev–Trinajstić information content (AvgIpc) is 2.51. The Morgan fingerprint density at radius 2 is 2.10 bits per heavy atom. The Kier molecular flexibility index (Phi) is 6.53. The maximum Gasteiger partial charge on any atom is 0.305 e. The van der Waals surface area contributed by atoms with E-state index < -0.39 is 0 Å². The molecule has 2 rings (SSSR count). The standard InChI is InChI=1S/C18H33NO2/c1-3-5-9-16-11-10-15-8-6-7-13-18(15,19-16)14-12-17(20)21-4-2/h15-16,19H,3-14H2,1-2H3. The average molecular weight is 295 g/mol. The van der Waals surface area contributed by atoms with Crippen LogP contribution in [0.2, 0.25) is 0 Å². The summed E-state index contributed by atoms with van der Waals surface area (Å²) in [5, 5.41) is 3.99. The van der Waals surface area contributed by atoms with Gasteiger partial charge in [-0.05, 0) is 51.4 Å². The highest BCUT2D eigenvalue weighted by molar-refractivity contribution is 5.69. The molecule has 122 valence electrons. The van der Waals surface area contributed by atoms with Gasteiger partial charge in [0.2, 0.25) is 0 Å². The Morgan fingerprint density at radius 1 is 1.24 bits per heavy atom. The van der Waals surface area contributed by atoms with E-state index >= 15 is 0 Å². The molecule has 1 saturated carbocycles. The highest BCUT2D eigenvalue weighted by Crippen LogP contribution is 2.43. The van der Waals surface area contributed by atoms with Crippen LogP contribution in [0.1, 0.15) is 84.5 Å². The first-order valence-electron chi connectivity index (χ1n) is 9.13. The Balaban J connectivity index is 1.96. The molecule has 1 saturated heterocycles. The summed E-state index contributed by atoms with van der Waals surface area (Å²) in [6, 6.07) is 0.668. The van der Waals surface area contributed by atoms with Crippen molar-refractivity contribution in [1.82, 2.24) is 5.32 Å². The van der Waals surface area contributed by atoms with Gasteiger partial charge in [-0.3, -0.25) is 4.79 Å². The lowest BCUT2D eigenvalue weighted by Crippen LogP contribution is -2.60. The number of rotatable bonds is 7. The summed E-state index contributed by atoms with van der Waals surface area (Å²) in [6.07, 6.45) is 13.4. The van der Waals surface area contributed by atoms with Crippen molar-refractivity contribution < 1.29 is 9.53 Å². The van der Waals surface area contributed by atoms with E-state index in [4.69, 9.17) is 4.74 Å². The molecule has 21 heavy (non-hydrogen) atoms. The van der Waals surface area contributed by atoms with Gasteiger partial charge in [-0.15, -0.1) is 0 Å². The minimum atomic E-state index is -0.0197. The fraction of sp³-hybridized carbons (Fsp3) is 0.944. The van der Waals surface area contributed by atoms with Crippen LogP contribution in [0, 0.1) is 5.92 Å². The van der Waals surface area contributed by atoms with Crippen molar-refractivity contribution in [3.8, 4) is 0 Å². The SMILES string of the molecule is CCCCC1CCC2CCCCC2(CCC(=O)OCC)N1. The zero-order chi connectivity index (χ0) is 15.1. The Morgan fingerprint density at radius 3 is 2.86 bits per heavy atom.